The SMILES string of the molecule is COc1ccc(Nc2ccc(C#N)cc2F)cc1Br. The van der Waals surface area contributed by atoms with Gasteiger partial charge in [0.2, 0.25) is 0 Å². The molecule has 2 rings (SSSR count). The zero-order chi connectivity index (χ0) is 13.8. The minimum absolute atomic E-state index is 0.291. The van der Waals surface area contributed by atoms with E-state index in [0.29, 0.717) is 17.0 Å². The topological polar surface area (TPSA) is 45.0 Å². The van der Waals surface area contributed by atoms with Gasteiger partial charge in [0.1, 0.15) is 11.6 Å². The van der Waals surface area contributed by atoms with Crippen LogP contribution in [0.2, 0.25) is 0 Å². The first-order chi connectivity index (χ1) is 9.13. The minimum Gasteiger partial charge on any atom is -0.496 e. The maximum atomic E-state index is 13.7. The van der Waals surface area contributed by atoms with Crippen LogP contribution in [0.15, 0.2) is 40.9 Å². The number of anilines is 2. The van der Waals surface area contributed by atoms with Crippen molar-refractivity contribution in [3.63, 3.8) is 0 Å². The lowest BCUT2D eigenvalue weighted by molar-refractivity contribution is 0.412. The molecule has 3 nitrogen and oxygen atoms in total. The van der Waals surface area contributed by atoms with Crippen molar-refractivity contribution in [3.8, 4) is 11.8 Å². The molecule has 1 N–H and O–H groups in total. The first-order valence-corrected chi connectivity index (χ1v) is 6.23. The Labute approximate surface area is 118 Å². The third-order valence-electron chi connectivity index (χ3n) is 2.53. The Bertz CT molecular complexity index is 652. The second-order valence-electron chi connectivity index (χ2n) is 3.78. The van der Waals surface area contributed by atoms with Crippen LogP contribution in [-0.4, -0.2) is 7.11 Å². The van der Waals surface area contributed by atoms with Gasteiger partial charge in [-0.3, -0.25) is 0 Å². The summed E-state index contributed by atoms with van der Waals surface area (Å²) in [5, 5.41) is 11.6. The van der Waals surface area contributed by atoms with Crippen LogP contribution in [0.25, 0.3) is 0 Å². The average Bonchev–Trinajstić information content (AvgIpc) is 2.41. The summed E-state index contributed by atoms with van der Waals surface area (Å²) in [4.78, 5) is 0. The van der Waals surface area contributed by atoms with E-state index in [4.69, 9.17) is 10.00 Å². The van der Waals surface area contributed by atoms with Gasteiger partial charge in [-0.05, 0) is 52.3 Å². The molecule has 2 aromatic rings. The molecule has 0 spiro atoms. The van der Waals surface area contributed by atoms with Gasteiger partial charge in [0.25, 0.3) is 0 Å². The van der Waals surface area contributed by atoms with Gasteiger partial charge >= 0.3 is 0 Å². The Morgan fingerprint density at radius 2 is 2.05 bits per heavy atom. The number of rotatable bonds is 3. The summed E-state index contributed by atoms with van der Waals surface area (Å²) >= 11 is 3.36. The molecule has 0 saturated heterocycles. The van der Waals surface area contributed by atoms with E-state index in [-0.39, 0.29) is 0 Å². The number of halogens is 2. The molecule has 0 aliphatic heterocycles. The van der Waals surface area contributed by atoms with Gasteiger partial charge < -0.3 is 10.1 Å². The van der Waals surface area contributed by atoms with Gasteiger partial charge in [0, 0.05) is 5.69 Å². The van der Waals surface area contributed by atoms with E-state index in [1.54, 1.807) is 31.4 Å². The fourth-order valence-electron chi connectivity index (χ4n) is 1.59. The quantitative estimate of drug-likeness (QED) is 0.921. The Morgan fingerprint density at radius 3 is 2.63 bits per heavy atom. The highest BCUT2D eigenvalue weighted by molar-refractivity contribution is 9.10. The van der Waals surface area contributed by atoms with E-state index < -0.39 is 5.82 Å². The van der Waals surface area contributed by atoms with Gasteiger partial charge in [-0.1, -0.05) is 0 Å². The van der Waals surface area contributed by atoms with E-state index in [1.165, 1.54) is 12.1 Å². The van der Waals surface area contributed by atoms with E-state index in [9.17, 15) is 4.39 Å². The third-order valence-corrected chi connectivity index (χ3v) is 3.15. The molecule has 0 amide bonds. The Balaban J connectivity index is 2.26. The highest BCUT2D eigenvalue weighted by Gasteiger charge is 2.06. The lowest BCUT2D eigenvalue weighted by Crippen LogP contribution is -1.95. The van der Waals surface area contributed by atoms with Gasteiger partial charge in [0.05, 0.1) is 28.9 Å². The molecule has 0 fully saturated rings. The van der Waals surface area contributed by atoms with Crippen LogP contribution < -0.4 is 10.1 Å². The number of nitrogens with zero attached hydrogens (tertiary/aromatic N) is 1. The zero-order valence-electron chi connectivity index (χ0n) is 10.1. The Hall–Kier alpha value is -2.06. The molecular weight excluding hydrogens is 311 g/mol. The molecule has 0 saturated carbocycles. The molecule has 5 heteroatoms. The van der Waals surface area contributed by atoms with Crippen LogP contribution in [0.5, 0.6) is 5.75 Å². The van der Waals surface area contributed by atoms with Crippen LogP contribution in [0, 0.1) is 17.1 Å². The van der Waals surface area contributed by atoms with E-state index in [0.717, 1.165) is 10.2 Å². The maximum Gasteiger partial charge on any atom is 0.147 e. The summed E-state index contributed by atoms with van der Waals surface area (Å²) in [6, 6.07) is 11.5. The number of nitriles is 1. The Kier molecular flexibility index (Phi) is 4.03. The molecule has 0 radical (unpaired) electrons. The highest BCUT2D eigenvalue weighted by atomic mass is 79.9. The van der Waals surface area contributed by atoms with Crippen LogP contribution in [-0.2, 0) is 0 Å². The molecule has 0 heterocycles. The molecule has 0 unspecified atom stereocenters. The van der Waals surface area contributed by atoms with E-state index >= 15 is 0 Å². The fourth-order valence-corrected chi connectivity index (χ4v) is 2.13. The zero-order valence-corrected chi connectivity index (χ0v) is 11.7. The summed E-state index contributed by atoms with van der Waals surface area (Å²) in [5.74, 6) is 0.233. The summed E-state index contributed by atoms with van der Waals surface area (Å²) < 4.78 is 19.6. The molecule has 0 aliphatic rings. The second-order valence-corrected chi connectivity index (χ2v) is 4.64. The first-order valence-electron chi connectivity index (χ1n) is 5.44. The van der Waals surface area contributed by atoms with Gasteiger partial charge in [-0.25, -0.2) is 4.39 Å². The van der Waals surface area contributed by atoms with Gasteiger partial charge in [0.15, 0.2) is 0 Å². The molecule has 0 aromatic heterocycles. The molecule has 0 aliphatic carbocycles. The Morgan fingerprint density at radius 1 is 1.26 bits per heavy atom. The van der Waals surface area contributed by atoms with E-state index in [1.807, 2.05) is 6.07 Å². The van der Waals surface area contributed by atoms with Gasteiger partial charge in [-0.2, -0.15) is 5.26 Å². The van der Waals surface area contributed by atoms with Crippen LogP contribution in [0.4, 0.5) is 15.8 Å². The number of benzene rings is 2. The largest absolute Gasteiger partial charge is 0.496 e. The monoisotopic (exact) mass is 320 g/mol. The lowest BCUT2D eigenvalue weighted by atomic mass is 10.2. The molecule has 96 valence electrons. The summed E-state index contributed by atoms with van der Waals surface area (Å²) in [7, 11) is 1.58. The fraction of sp³-hybridized carbons (Fsp3) is 0.0714. The van der Waals surface area contributed by atoms with Crippen molar-refractivity contribution in [1.82, 2.24) is 0 Å². The van der Waals surface area contributed by atoms with E-state index in [2.05, 4.69) is 21.2 Å². The van der Waals surface area contributed by atoms with Crippen LogP contribution in [0.3, 0.4) is 0 Å². The van der Waals surface area contributed by atoms with Crippen molar-refractivity contribution in [1.29, 1.82) is 5.26 Å². The lowest BCUT2D eigenvalue weighted by Gasteiger charge is -2.10. The highest BCUT2D eigenvalue weighted by Crippen LogP contribution is 2.29. The maximum absolute atomic E-state index is 13.7. The molecule has 19 heavy (non-hydrogen) atoms. The normalized spacial score (nSPS) is 9.79. The van der Waals surface area contributed by atoms with Crippen molar-refractivity contribution >= 4 is 27.3 Å². The van der Waals surface area contributed by atoms with Gasteiger partial charge in [-0.15, -0.1) is 0 Å². The van der Waals surface area contributed by atoms with Crippen molar-refractivity contribution in [3.05, 3.63) is 52.3 Å². The summed E-state index contributed by atoms with van der Waals surface area (Å²) in [5.41, 5.74) is 1.33. The molecular formula is C14H10BrFN2O. The van der Waals surface area contributed by atoms with Crippen molar-refractivity contribution in [2.24, 2.45) is 0 Å². The number of hydrogen-bond donors (Lipinski definition) is 1. The molecule has 2 aromatic carbocycles. The van der Waals surface area contributed by atoms with Crippen molar-refractivity contribution < 1.29 is 9.13 Å². The number of nitrogens with one attached hydrogen (secondary N) is 1. The number of hydrogen-bond acceptors (Lipinski definition) is 3. The second kappa shape index (κ2) is 5.72. The standard InChI is InChI=1S/C14H10BrFN2O/c1-19-14-5-3-10(7-11(14)15)18-13-4-2-9(8-17)6-12(13)16/h2-7,18H,1H3. The molecule has 0 bridgehead atoms. The number of methoxy groups -OCH3 is 1. The summed E-state index contributed by atoms with van der Waals surface area (Å²) in [6.45, 7) is 0. The summed E-state index contributed by atoms with van der Waals surface area (Å²) in [6.07, 6.45) is 0. The predicted octanol–water partition coefficient (Wildman–Crippen LogP) is 4.21. The smallest absolute Gasteiger partial charge is 0.147 e. The predicted molar refractivity (Wildman–Crippen MR) is 75.1 cm³/mol. The first kappa shape index (κ1) is 13.4. The third kappa shape index (κ3) is 3.04. The minimum atomic E-state index is -0.467. The van der Waals surface area contributed by atoms with Crippen molar-refractivity contribution in [2.45, 2.75) is 0 Å². The molecule has 0 atom stereocenters. The van der Waals surface area contributed by atoms with Crippen LogP contribution in [0.1, 0.15) is 5.56 Å². The number of ether oxygens (including phenoxy) is 1. The average molecular weight is 321 g/mol. The van der Waals surface area contributed by atoms with Crippen LogP contribution >= 0.6 is 15.9 Å². The van der Waals surface area contributed by atoms with Crippen molar-refractivity contribution in [2.75, 3.05) is 12.4 Å².